The van der Waals surface area contributed by atoms with Crippen molar-refractivity contribution in [2.45, 2.75) is 64.1 Å². The first-order chi connectivity index (χ1) is 20.9. The van der Waals surface area contributed by atoms with Crippen molar-refractivity contribution in [1.29, 1.82) is 0 Å². The van der Waals surface area contributed by atoms with Gasteiger partial charge in [-0.05, 0) is 87.4 Å². The van der Waals surface area contributed by atoms with Crippen LogP contribution in [0.25, 0.3) is 0 Å². The zero-order valence-electron chi connectivity index (χ0n) is 24.7. The molecule has 3 aromatic carbocycles. The fourth-order valence-corrected chi connectivity index (χ4v) is 6.13. The van der Waals surface area contributed by atoms with Gasteiger partial charge in [0, 0.05) is 43.2 Å². The minimum atomic E-state index is -0.368. The van der Waals surface area contributed by atoms with Crippen LogP contribution in [0.2, 0.25) is 0 Å². The number of ether oxygens (including phenoxy) is 1. The average Bonchev–Trinajstić information content (AvgIpc) is 3.03. The van der Waals surface area contributed by atoms with Gasteiger partial charge in [-0.3, -0.25) is 14.4 Å². The summed E-state index contributed by atoms with van der Waals surface area (Å²) < 4.78 is 19.1. The van der Waals surface area contributed by atoms with Crippen molar-refractivity contribution in [2.24, 2.45) is 5.92 Å². The Kier molecular flexibility index (Phi) is 10.1. The summed E-state index contributed by atoms with van der Waals surface area (Å²) in [4.78, 5) is 43.0. The molecule has 0 unspecified atom stereocenters. The summed E-state index contributed by atoms with van der Waals surface area (Å²) in [6.45, 7) is 3.59. The number of nitrogens with one attached hydrogen (secondary N) is 1. The summed E-state index contributed by atoms with van der Waals surface area (Å²) in [5, 5.41) is 3.25. The van der Waals surface area contributed by atoms with Crippen LogP contribution in [0.5, 0.6) is 5.75 Å². The summed E-state index contributed by atoms with van der Waals surface area (Å²) in [5.41, 5.74) is 2.66. The Bertz CT molecular complexity index is 1380. The van der Waals surface area contributed by atoms with Crippen molar-refractivity contribution in [3.05, 3.63) is 101 Å². The molecule has 5 rings (SSSR count). The van der Waals surface area contributed by atoms with E-state index < -0.39 is 0 Å². The van der Waals surface area contributed by atoms with Crippen LogP contribution in [-0.4, -0.2) is 59.3 Å². The highest BCUT2D eigenvalue weighted by Gasteiger charge is 2.33. The Morgan fingerprint density at radius 1 is 0.884 bits per heavy atom. The summed E-state index contributed by atoms with van der Waals surface area (Å²) in [5.74, 6) is 0.0611. The zero-order chi connectivity index (χ0) is 30.2. The van der Waals surface area contributed by atoms with E-state index in [0.717, 1.165) is 36.8 Å². The Morgan fingerprint density at radius 3 is 2.26 bits per heavy atom. The maximum atomic E-state index is 13.6. The van der Waals surface area contributed by atoms with Crippen molar-refractivity contribution in [2.75, 3.05) is 19.7 Å². The second-order valence-electron chi connectivity index (χ2n) is 11.7. The number of hydrogen-bond donors (Lipinski definition) is 1. The lowest BCUT2D eigenvalue weighted by Crippen LogP contribution is -2.49. The first-order valence-electron chi connectivity index (χ1n) is 15.2. The minimum Gasteiger partial charge on any atom is -0.484 e. The molecule has 8 heteroatoms. The van der Waals surface area contributed by atoms with Crippen LogP contribution in [0.3, 0.4) is 0 Å². The topological polar surface area (TPSA) is 79.0 Å². The molecular weight excluding hydrogens is 545 g/mol. The largest absolute Gasteiger partial charge is 0.484 e. The number of halogens is 1. The molecule has 0 aromatic heterocycles. The van der Waals surface area contributed by atoms with E-state index in [1.165, 1.54) is 12.1 Å². The van der Waals surface area contributed by atoms with Gasteiger partial charge in [-0.15, -0.1) is 0 Å². The van der Waals surface area contributed by atoms with Crippen LogP contribution in [-0.2, 0) is 16.1 Å². The van der Waals surface area contributed by atoms with E-state index in [1.807, 2.05) is 60.4 Å². The van der Waals surface area contributed by atoms with Gasteiger partial charge in [0.2, 0.25) is 5.91 Å². The number of piperidine rings is 1. The number of aryl methyl sites for hydroxylation is 1. The minimum absolute atomic E-state index is 0.00528. The lowest BCUT2D eigenvalue weighted by molar-refractivity contribution is -0.137. The first-order valence-corrected chi connectivity index (χ1v) is 15.2. The molecule has 0 spiro atoms. The number of carbonyl (C=O) groups excluding carboxylic acids is 3. The number of para-hydroxylation sites is 1. The third-order valence-electron chi connectivity index (χ3n) is 8.60. The van der Waals surface area contributed by atoms with E-state index in [1.54, 1.807) is 17.0 Å². The third kappa shape index (κ3) is 8.21. The van der Waals surface area contributed by atoms with Gasteiger partial charge in [0.25, 0.3) is 11.8 Å². The van der Waals surface area contributed by atoms with Crippen LogP contribution in [0, 0.1) is 18.7 Å². The van der Waals surface area contributed by atoms with E-state index in [4.69, 9.17) is 4.74 Å². The van der Waals surface area contributed by atoms with E-state index in [-0.39, 0.29) is 48.1 Å². The number of nitrogens with zero attached hydrogens (tertiary/aromatic N) is 2. The number of amides is 3. The third-order valence-corrected chi connectivity index (χ3v) is 8.60. The molecule has 0 radical (unpaired) electrons. The lowest BCUT2D eigenvalue weighted by atomic mass is 9.88. The quantitative estimate of drug-likeness (QED) is 0.359. The van der Waals surface area contributed by atoms with E-state index in [0.29, 0.717) is 43.8 Å². The van der Waals surface area contributed by atoms with Crippen molar-refractivity contribution in [3.63, 3.8) is 0 Å². The van der Waals surface area contributed by atoms with Crippen LogP contribution in [0.15, 0.2) is 78.9 Å². The Balaban J connectivity index is 1.11. The van der Waals surface area contributed by atoms with Crippen molar-refractivity contribution < 1.29 is 23.5 Å². The van der Waals surface area contributed by atoms with E-state index in [2.05, 4.69) is 11.4 Å². The normalized spacial score (nSPS) is 19.0. The van der Waals surface area contributed by atoms with Gasteiger partial charge in [0.1, 0.15) is 11.6 Å². The molecule has 1 heterocycles. The monoisotopic (exact) mass is 585 g/mol. The van der Waals surface area contributed by atoms with E-state index >= 15 is 0 Å². The maximum absolute atomic E-state index is 13.6. The summed E-state index contributed by atoms with van der Waals surface area (Å²) in [6, 6.07) is 23.2. The smallest absolute Gasteiger partial charge is 0.260 e. The van der Waals surface area contributed by atoms with Crippen LogP contribution < -0.4 is 10.1 Å². The molecule has 1 aliphatic heterocycles. The molecule has 43 heavy (non-hydrogen) atoms. The van der Waals surface area contributed by atoms with Crippen LogP contribution in [0.4, 0.5) is 4.39 Å². The fourth-order valence-electron chi connectivity index (χ4n) is 6.13. The molecule has 1 aliphatic carbocycles. The highest BCUT2D eigenvalue weighted by molar-refractivity contribution is 5.94. The molecule has 3 amide bonds. The second-order valence-corrected chi connectivity index (χ2v) is 11.7. The van der Waals surface area contributed by atoms with Gasteiger partial charge in [-0.25, -0.2) is 4.39 Å². The summed E-state index contributed by atoms with van der Waals surface area (Å²) >= 11 is 0. The standard InChI is InChI=1S/C35H40FN3O4/c1-25-6-5-7-26(22-25)23-39(35(42)28-10-12-29(36)13-11-28)31-16-14-30(15-17-31)37-34(41)27-18-20-38(21-19-27)33(40)24-43-32-8-3-2-4-9-32/h2-13,22,27,30-31H,14-21,23-24H2,1H3,(H,37,41). The zero-order valence-corrected chi connectivity index (χ0v) is 24.7. The van der Waals surface area contributed by atoms with Gasteiger partial charge in [0.15, 0.2) is 6.61 Å². The number of rotatable bonds is 9. The first kappa shape index (κ1) is 30.3. The van der Waals surface area contributed by atoms with Gasteiger partial charge >= 0.3 is 0 Å². The van der Waals surface area contributed by atoms with Crippen LogP contribution in [0.1, 0.15) is 60.0 Å². The predicted octanol–water partition coefficient (Wildman–Crippen LogP) is 5.52. The molecule has 3 aromatic rings. The summed E-state index contributed by atoms with van der Waals surface area (Å²) in [7, 11) is 0. The molecule has 7 nitrogen and oxygen atoms in total. The van der Waals surface area contributed by atoms with Gasteiger partial charge in [-0.2, -0.15) is 0 Å². The SMILES string of the molecule is Cc1cccc(CN(C(=O)c2ccc(F)cc2)C2CCC(NC(=O)C3CCN(C(=O)COc4ccccc4)CC3)CC2)c1. The predicted molar refractivity (Wildman–Crippen MR) is 163 cm³/mol. The Labute approximate surface area is 253 Å². The maximum Gasteiger partial charge on any atom is 0.260 e. The Morgan fingerprint density at radius 2 is 1.58 bits per heavy atom. The van der Waals surface area contributed by atoms with Crippen molar-refractivity contribution in [1.82, 2.24) is 15.1 Å². The number of benzene rings is 3. The molecular formula is C35H40FN3O4. The highest BCUT2D eigenvalue weighted by atomic mass is 19.1. The Hall–Kier alpha value is -4.20. The molecule has 1 saturated heterocycles. The molecule has 0 atom stereocenters. The van der Waals surface area contributed by atoms with Gasteiger partial charge in [-0.1, -0.05) is 48.0 Å². The molecule has 2 fully saturated rings. The molecule has 2 aliphatic rings. The van der Waals surface area contributed by atoms with Gasteiger partial charge in [0.05, 0.1) is 0 Å². The van der Waals surface area contributed by atoms with Crippen molar-refractivity contribution in [3.8, 4) is 5.75 Å². The molecule has 1 saturated carbocycles. The fraction of sp³-hybridized carbons (Fsp3) is 0.400. The average molecular weight is 586 g/mol. The molecule has 226 valence electrons. The van der Waals surface area contributed by atoms with Gasteiger partial charge < -0.3 is 19.9 Å². The van der Waals surface area contributed by atoms with Crippen LogP contribution >= 0.6 is 0 Å². The number of likely N-dealkylation sites (tertiary alicyclic amines) is 1. The lowest BCUT2D eigenvalue weighted by Gasteiger charge is -2.38. The summed E-state index contributed by atoms with van der Waals surface area (Å²) in [6.07, 6.45) is 4.39. The van der Waals surface area contributed by atoms with Crippen molar-refractivity contribution >= 4 is 17.7 Å². The molecule has 0 bridgehead atoms. The highest BCUT2D eigenvalue weighted by Crippen LogP contribution is 2.28. The number of carbonyl (C=O) groups is 3. The molecule has 1 N–H and O–H groups in total. The second kappa shape index (κ2) is 14.3. The number of hydrogen-bond acceptors (Lipinski definition) is 4. The van der Waals surface area contributed by atoms with E-state index in [9.17, 15) is 18.8 Å².